The van der Waals surface area contributed by atoms with Crippen LogP contribution >= 0.6 is 38.5 Å². The van der Waals surface area contributed by atoms with Gasteiger partial charge in [0.25, 0.3) is 0 Å². The molecule has 4 heteroatoms. The molecule has 0 unspecified atom stereocenters. The first kappa shape index (κ1) is 15.8. The number of hydrogen-bond donors (Lipinski definition) is 1. The summed E-state index contributed by atoms with van der Waals surface area (Å²) < 4.78 is 8.21. The molecule has 106 valence electrons. The first-order chi connectivity index (χ1) is 9.70. The highest BCUT2D eigenvalue weighted by molar-refractivity contribution is 14.1. The van der Waals surface area contributed by atoms with Crippen molar-refractivity contribution in [3.63, 3.8) is 0 Å². The smallest absolute Gasteiger partial charge is 0.140 e. The number of hydrogen-bond acceptors (Lipinski definition) is 2. The fourth-order valence-corrected chi connectivity index (χ4v) is 2.65. The Bertz CT molecular complexity index is 574. The second-order valence-corrected chi connectivity index (χ2v) is 6.54. The molecule has 2 aromatic carbocycles. The van der Waals surface area contributed by atoms with Crippen LogP contribution in [0.5, 0.6) is 11.5 Å². The molecule has 0 amide bonds. The van der Waals surface area contributed by atoms with Gasteiger partial charge in [0.1, 0.15) is 11.5 Å². The topological polar surface area (TPSA) is 21.3 Å². The van der Waals surface area contributed by atoms with Gasteiger partial charge >= 0.3 is 0 Å². The summed E-state index contributed by atoms with van der Waals surface area (Å²) in [5.41, 5.74) is 1.17. The highest BCUT2D eigenvalue weighted by Gasteiger charge is 2.08. The average Bonchev–Trinajstić information content (AvgIpc) is 2.44. The van der Waals surface area contributed by atoms with E-state index >= 15 is 0 Å². The number of ether oxygens (including phenoxy) is 1. The van der Waals surface area contributed by atoms with Crippen LogP contribution in [0.25, 0.3) is 0 Å². The van der Waals surface area contributed by atoms with Crippen LogP contribution in [-0.2, 0) is 6.54 Å². The molecule has 20 heavy (non-hydrogen) atoms. The maximum atomic E-state index is 6.07. The number of rotatable bonds is 6. The quantitative estimate of drug-likeness (QED) is 0.478. The lowest BCUT2D eigenvalue weighted by atomic mass is 10.2. The van der Waals surface area contributed by atoms with Crippen molar-refractivity contribution in [1.29, 1.82) is 0 Å². The van der Waals surface area contributed by atoms with Gasteiger partial charge in [0, 0.05) is 16.6 Å². The van der Waals surface area contributed by atoms with E-state index in [0.717, 1.165) is 39.1 Å². The molecule has 0 spiro atoms. The maximum absolute atomic E-state index is 6.07. The SMILES string of the molecule is CCCNCc1ccc(Br)cc1Oc1ccccc1I. The summed E-state index contributed by atoms with van der Waals surface area (Å²) in [4.78, 5) is 0. The zero-order valence-corrected chi connectivity index (χ0v) is 15.1. The molecule has 0 aliphatic carbocycles. The lowest BCUT2D eigenvalue weighted by molar-refractivity contribution is 0.469. The van der Waals surface area contributed by atoms with E-state index < -0.39 is 0 Å². The summed E-state index contributed by atoms with van der Waals surface area (Å²) in [5.74, 6) is 1.79. The highest BCUT2D eigenvalue weighted by Crippen LogP contribution is 2.31. The van der Waals surface area contributed by atoms with Crippen LogP contribution in [0.1, 0.15) is 18.9 Å². The van der Waals surface area contributed by atoms with Crippen LogP contribution in [0.15, 0.2) is 46.9 Å². The van der Waals surface area contributed by atoms with Crippen molar-refractivity contribution in [2.24, 2.45) is 0 Å². The number of para-hydroxylation sites is 1. The zero-order valence-electron chi connectivity index (χ0n) is 11.3. The largest absolute Gasteiger partial charge is 0.456 e. The monoisotopic (exact) mass is 445 g/mol. The summed E-state index contributed by atoms with van der Waals surface area (Å²) in [6, 6.07) is 14.2. The van der Waals surface area contributed by atoms with Crippen molar-refractivity contribution in [2.45, 2.75) is 19.9 Å². The van der Waals surface area contributed by atoms with E-state index in [4.69, 9.17) is 4.74 Å². The third-order valence-electron chi connectivity index (χ3n) is 2.83. The zero-order chi connectivity index (χ0) is 14.4. The Morgan fingerprint density at radius 3 is 2.70 bits per heavy atom. The van der Waals surface area contributed by atoms with Crippen molar-refractivity contribution in [3.8, 4) is 11.5 Å². The fourth-order valence-electron chi connectivity index (χ4n) is 1.82. The third-order valence-corrected chi connectivity index (χ3v) is 4.21. The van der Waals surface area contributed by atoms with Crippen molar-refractivity contribution < 1.29 is 4.74 Å². The van der Waals surface area contributed by atoms with Gasteiger partial charge in [0.05, 0.1) is 3.57 Å². The predicted molar refractivity (Wildman–Crippen MR) is 95.4 cm³/mol. The van der Waals surface area contributed by atoms with Crippen LogP contribution in [0.4, 0.5) is 0 Å². The van der Waals surface area contributed by atoms with Crippen LogP contribution in [0.2, 0.25) is 0 Å². The average molecular weight is 446 g/mol. The Labute approximate surface area is 142 Å². The van der Waals surface area contributed by atoms with Gasteiger partial charge in [0.2, 0.25) is 0 Å². The third kappa shape index (κ3) is 4.46. The van der Waals surface area contributed by atoms with Gasteiger partial charge in [-0.25, -0.2) is 0 Å². The summed E-state index contributed by atoms with van der Waals surface area (Å²) in [7, 11) is 0. The molecule has 0 bridgehead atoms. The number of nitrogens with one attached hydrogen (secondary N) is 1. The van der Waals surface area contributed by atoms with E-state index in [1.165, 1.54) is 5.56 Å². The summed E-state index contributed by atoms with van der Waals surface area (Å²) in [6.45, 7) is 4.00. The van der Waals surface area contributed by atoms with Gasteiger partial charge < -0.3 is 10.1 Å². The molecule has 0 radical (unpaired) electrons. The standard InChI is InChI=1S/C16H17BrINO/c1-2-9-19-11-12-7-8-13(17)10-16(12)20-15-6-4-3-5-14(15)18/h3-8,10,19H,2,9,11H2,1H3. The molecule has 0 aliphatic heterocycles. The molecule has 2 aromatic rings. The van der Waals surface area contributed by atoms with Crippen LogP contribution in [0.3, 0.4) is 0 Å². The van der Waals surface area contributed by atoms with E-state index in [9.17, 15) is 0 Å². The lowest BCUT2D eigenvalue weighted by Gasteiger charge is -2.13. The van der Waals surface area contributed by atoms with Gasteiger partial charge in [0.15, 0.2) is 0 Å². The van der Waals surface area contributed by atoms with E-state index in [0.29, 0.717) is 0 Å². The molecule has 2 rings (SSSR count). The summed E-state index contributed by atoms with van der Waals surface area (Å²) in [5, 5.41) is 3.41. The lowest BCUT2D eigenvalue weighted by Crippen LogP contribution is -2.14. The molecule has 1 N–H and O–H groups in total. The molecular weight excluding hydrogens is 429 g/mol. The minimum atomic E-state index is 0.819. The Kier molecular flexibility index (Phi) is 6.32. The molecule has 0 saturated heterocycles. The number of halogens is 2. The summed E-state index contributed by atoms with van der Waals surface area (Å²) >= 11 is 5.80. The molecule has 2 nitrogen and oxygen atoms in total. The Morgan fingerprint density at radius 1 is 1.15 bits per heavy atom. The molecule has 0 heterocycles. The molecular formula is C16H17BrINO. The highest BCUT2D eigenvalue weighted by atomic mass is 127. The van der Waals surface area contributed by atoms with Gasteiger partial charge in [-0.2, -0.15) is 0 Å². The molecule has 0 saturated carbocycles. The maximum Gasteiger partial charge on any atom is 0.140 e. The van der Waals surface area contributed by atoms with E-state index in [1.54, 1.807) is 0 Å². The Hall–Kier alpha value is -0.590. The van der Waals surface area contributed by atoms with Crippen molar-refractivity contribution in [3.05, 3.63) is 56.1 Å². The van der Waals surface area contributed by atoms with Crippen molar-refractivity contribution in [1.82, 2.24) is 5.32 Å². The van der Waals surface area contributed by atoms with Gasteiger partial charge in [-0.15, -0.1) is 0 Å². The minimum absolute atomic E-state index is 0.819. The summed E-state index contributed by atoms with van der Waals surface area (Å²) in [6.07, 6.45) is 1.13. The Balaban J connectivity index is 2.21. The Morgan fingerprint density at radius 2 is 1.95 bits per heavy atom. The normalized spacial score (nSPS) is 10.6. The number of benzene rings is 2. The van der Waals surface area contributed by atoms with Gasteiger partial charge in [-0.1, -0.05) is 41.1 Å². The van der Waals surface area contributed by atoms with Gasteiger partial charge in [-0.05, 0) is 59.8 Å². The molecule has 0 aliphatic rings. The van der Waals surface area contributed by atoms with Crippen LogP contribution < -0.4 is 10.1 Å². The fraction of sp³-hybridized carbons (Fsp3) is 0.250. The molecule has 0 fully saturated rings. The van der Waals surface area contributed by atoms with Crippen LogP contribution in [-0.4, -0.2) is 6.54 Å². The second-order valence-electron chi connectivity index (χ2n) is 4.46. The van der Waals surface area contributed by atoms with Crippen LogP contribution in [0, 0.1) is 3.57 Å². The molecule has 0 atom stereocenters. The predicted octanol–water partition coefficient (Wildman–Crippen LogP) is 5.35. The minimum Gasteiger partial charge on any atom is -0.456 e. The first-order valence-electron chi connectivity index (χ1n) is 6.62. The van der Waals surface area contributed by atoms with E-state index in [2.05, 4.69) is 56.8 Å². The second kappa shape index (κ2) is 8.00. The van der Waals surface area contributed by atoms with E-state index in [1.807, 2.05) is 36.4 Å². The van der Waals surface area contributed by atoms with Crippen molar-refractivity contribution in [2.75, 3.05) is 6.54 Å². The van der Waals surface area contributed by atoms with Crippen molar-refractivity contribution >= 4 is 38.5 Å². The first-order valence-corrected chi connectivity index (χ1v) is 8.49. The van der Waals surface area contributed by atoms with E-state index in [-0.39, 0.29) is 0 Å². The molecule has 0 aromatic heterocycles. The van der Waals surface area contributed by atoms with Gasteiger partial charge in [-0.3, -0.25) is 0 Å².